The summed E-state index contributed by atoms with van der Waals surface area (Å²) in [4.78, 5) is 15.7. The molecular weight excluding hydrogens is 412 g/mol. The highest BCUT2D eigenvalue weighted by Crippen LogP contribution is 2.42. The van der Waals surface area contributed by atoms with Crippen LogP contribution in [0.3, 0.4) is 0 Å². The lowest BCUT2D eigenvalue weighted by molar-refractivity contribution is -0.152. The number of H-pyrrole nitrogens is 1. The molecule has 1 aromatic carbocycles. The normalized spacial score (nSPS) is 13.8. The SMILES string of the molecule is CCOC(=O)C(C)(C)n1cc(-c2[nH]c3cc(Br)cc4c3c2NCCO4)cn1. The van der Waals surface area contributed by atoms with E-state index in [1.165, 1.54) is 0 Å². The number of nitrogens with one attached hydrogen (secondary N) is 2. The third-order valence-corrected chi connectivity index (χ3v) is 5.16. The number of hydrogen-bond acceptors (Lipinski definition) is 5. The molecule has 0 saturated heterocycles. The molecule has 0 atom stereocenters. The van der Waals surface area contributed by atoms with Crippen LogP contribution in [0.4, 0.5) is 5.69 Å². The Labute approximate surface area is 165 Å². The molecule has 1 aliphatic heterocycles. The van der Waals surface area contributed by atoms with Crippen LogP contribution in [-0.4, -0.2) is 40.5 Å². The minimum absolute atomic E-state index is 0.313. The third-order valence-electron chi connectivity index (χ3n) is 4.71. The molecular formula is C19H21BrN4O3. The van der Waals surface area contributed by atoms with Gasteiger partial charge in [0.05, 0.1) is 35.1 Å². The Balaban J connectivity index is 1.81. The number of aromatic amines is 1. The quantitative estimate of drug-likeness (QED) is 0.611. The number of halogens is 1. The average molecular weight is 433 g/mol. The second kappa shape index (κ2) is 6.60. The summed E-state index contributed by atoms with van der Waals surface area (Å²) >= 11 is 3.54. The van der Waals surface area contributed by atoms with E-state index in [4.69, 9.17) is 9.47 Å². The lowest BCUT2D eigenvalue weighted by Gasteiger charge is -2.22. The molecule has 0 amide bonds. The molecule has 4 rings (SSSR count). The molecule has 27 heavy (non-hydrogen) atoms. The summed E-state index contributed by atoms with van der Waals surface area (Å²) in [5, 5.41) is 8.89. The van der Waals surface area contributed by atoms with Gasteiger partial charge in [-0.15, -0.1) is 0 Å². The van der Waals surface area contributed by atoms with Crippen LogP contribution in [0.15, 0.2) is 29.0 Å². The van der Waals surface area contributed by atoms with Gasteiger partial charge in [-0.1, -0.05) is 15.9 Å². The van der Waals surface area contributed by atoms with Crippen molar-refractivity contribution in [3.8, 4) is 17.0 Å². The van der Waals surface area contributed by atoms with Crippen LogP contribution in [0.5, 0.6) is 5.75 Å². The predicted molar refractivity (Wildman–Crippen MR) is 107 cm³/mol. The summed E-state index contributed by atoms with van der Waals surface area (Å²) in [5.41, 5.74) is 2.87. The second-order valence-corrected chi connectivity index (χ2v) is 7.85. The minimum Gasteiger partial charge on any atom is -0.491 e. The summed E-state index contributed by atoms with van der Waals surface area (Å²) in [7, 11) is 0. The molecule has 8 heteroatoms. The fourth-order valence-corrected chi connectivity index (χ4v) is 3.70. The van der Waals surface area contributed by atoms with Gasteiger partial charge in [0.15, 0.2) is 5.54 Å². The Morgan fingerprint density at radius 2 is 2.26 bits per heavy atom. The van der Waals surface area contributed by atoms with E-state index < -0.39 is 5.54 Å². The number of anilines is 1. The van der Waals surface area contributed by atoms with Crippen molar-refractivity contribution in [2.24, 2.45) is 0 Å². The van der Waals surface area contributed by atoms with Crippen LogP contribution in [0.25, 0.3) is 22.2 Å². The second-order valence-electron chi connectivity index (χ2n) is 6.93. The number of benzene rings is 1. The molecule has 2 aromatic heterocycles. The van der Waals surface area contributed by atoms with Crippen molar-refractivity contribution in [1.82, 2.24) is 14.8 Å². The summed E-state index contributed by atoms with van der Waals surface area (Å²) in [6.07, 6.45) is 3.62. The summed E-state index contributed by atoms with van der Waals surface area (Å²) in [5.74, 6) is 0.522. The van der Waals surface area contributed by atoms with E-state index in [9.17, 15) is 4.79 Å². The largest absolute Gasteiger partial charge is 0.491 e. The van der Waals surface area contributed by atoms with E-state index in [-0.39, 0.29) is 5.97 Å². The molecule has 3 heterocycles. The number of hydrogen-bond donors (Lipinski definition) is 2. The van der Waals surface area contributed by atoms with Crippen LogP contribution in [0.1, 0.15) is 20.8 Å². The van der Waals surface area contributed by atoms with Crippen molar-refractivity contribution in [3.05, 3.63) is 29.0 Å². The van der Waals surface area contributed by atoms with Gasteiger partial charge in [0.25, 0.3) is 0 Å². The maximum atomic E-state index is 12.3. The zero-order valence-electron chi connectivity index (χ0n) is 15.4. The van der Waals surface area contributed by atoms with Crippen LogP contribution < -0.4 is 10.1 Å². The smallest absolute Gasteiger partial charge is 0.333 e. The van der Waals surface area contributed by atoms with Crippen LogP contribution in [0.2, 0.25) is 0 Å². The molecule has 3 aromatic rings. The molecule has 0 bridgehead atoms. The summed E-state index contributed by atoms with van der Waals surface area (Å²) < 4.78 is 13.6. The van der Waals surface area contributed by atoms with Crippen molar-refractivity contribution in [3.63, 3.8) is 0 Å². The van der Waals surface area contributed by atoms with Crippen LogP contribution in [0, 0.1) is 0 Å². The zero-order valence-corrected chi connectivity index (χ0v) is 17.0. The molecule has 1 aliphatic rings. The predicted octanol–water partition coefficient (Wildman–Crippen LogP) is 3.90. The van der Waals surface area contributed by atoms with Gasteiger partial charge in [-0.25, -0.2) is 4.79 Å². The number of nitrogens with zero attached hydrogens (tertiary/aromatic N) is 2. The average Bonchev–Trinajstić information content (AvgIpc) is 3.18. The Morgan fingerprint density at radius 3 is 3.04 bits per heavy atom. The highest BCUT2D eigenvalue weighted by molar-refractivity contribution is 9.10. The molecule has 0 saturated carbocycles. The molecule has 0 fully saturated rings. The Bertz CT molecular complexity index is 1020. The summed E-state index contributed by atoms with van der Waals surface area (Å²) in [6.45, 7) is 7.02. The zero-order chi connectivity index (χ0) is 19.2. The van der Waals surface area contributed by atoms with E-state index in [1.807, 2.05) is 18.3 Å². The van der Waals surface area contributed by atoms with E-state index >= 15 is 0 Å². The van der Waals surface area contributed by atoms with E-state index in [2.05, 4.69) is 31.3 Å². The number of carbonyl (C=O) groups is 1. The number of ether oxygens (including phenoxy) is 2. The Hall–Kier alpha value is -2.48. The van der Waals surface area contributed by atoms with Crippen molar-refractivity contribution in [2.45, 2.75) is 26.3 Å². The van der Waals surface area contributed by atoms with Gasteiger partial charge in [-0.3, -0.25) is 4.68 Å². The molecule has 142 valence electrons. The van der Waals surface area contributed by atoms with Gasteiger partial charge in [0.2, 0.25) is 0 Å². The van der Waals surface area contributed by atoms with Gasteiger partial charge in [-0.05, 0) is 32.9 Å². The lowest BCUT2D eigenvalue weighted by Crippen LogP contribution is -2.37. The van der Waals surface area contributed by atoms with Gasteiger partial charge in [-0.2, -0.15) is 5.10 Å². The highest BCUT2D eigenvalue weighted by Gasteiger charge is 2.33. The van der Waals surface area contributed by atoms with Gasteiger partial charge in [0, 0.05) is 22.8 Å². The topological polar surface area (TPSA) is 81.2 Å². The Kier molecular flexibility index (Phi) is 4.38. The maximum Gasteiger partial charge on any atom is 0.333 e. The molecule has 7 nitrogen and oxygen atoms in total. The fourth-order valence-electron chi connectivity index (χ4n) is 3.26. The molecule has 0 spiro atoms. The van der Waals surface area contributed by atoms with E-state index in [0.717, 1.165) is 38.1 Å². The number of carbonyl (C=O) groups excluding carboxylic acids is 1. The van der Waals surface area contributed by atoms with Gasteiger partial charge in [0.1, 0.15) is 12.4 Å². The molecule has 2 N–H and O–H groups in total. The lowest BCUT2D eigenvalue weighted by atomic mass is 10.1. The first-order valence-corrected chi connectivity index (χ1v) is 9.65. The molecule has 0 radical (unpaired) electrons. The standard InChI is InChI=1S/C19H21BrN4O3/c1-4-26-18(25)19(2,3)24-10-11(9-22-24)16-17-15-13(23-16)7-12(20)8-14(15)27-6-5-21-17/h7-10,21,23H,4-6H2,1-3H3. The van der Waals surface area contributed by atoms with Crippen molar-refractivity contribution in [1.29, 1.82) is 0 Å². The first kappa shape index (κ1) is 17.9. The van der Waals surface area contributed by atoms with Gasteiger partial charge >= 0.3 is 5.97 Å². The van der Waals surface area contributed by atoms with E-state index in [0.29, 0.717) is 19.8 Å². The van der Waals surface area contributed by atoms with Crippen LogP contribution >= 0.6 is 15.9 Å². The minimum atomic E-state index is -0.890. The monoisotopic (exact) mass is 432 g/mol. The number of esters is 1. The first-order chi connectivity index (χ1) is 12.9. The summed E-state index contributed by atoms with van der Waals surface area (Å²) in [6, 6.07) is 4.00. The van der Waals surface area contributed by atoms with Crippen molar-refractivity contribution < 1.29 is 14.3 Å². The van der Waals surface area contributed by atoms with Crippen molar-refractivity contribution >= 4 is 38.5 Å². The Morgan fingerprint density at radius 1 is 1.44 bits per heavy atom. The van der Waals surface area contributed by atoms with Gasteiger partial charge < -0.3 is 19.8 Å². The van der Waals surface area contributed by atoms with E-state index in [1.54, 1.807) is 31.6 Å². The third kappa shape index (κ3) is 2.97. The number of rotatable bonds is 4. The fraction of sp³-hybridized carbons (Fsp3) is 0.368. The van der Waals surface area contributed by atoms with Crippen LogP contribution in [-0.2, 0) is 15.1 Å². The highest BCUT2D eigenvalue weighted by atomic mass is 79.9. The maximum absolute atomic E-state index is 12.3. The number of aromatic nitrogens is 3. The van der Waals surface area contributed by atoms with Crippen molar-refractivity contribution in [2.75, 3.05) is 25.1 Å². The molecule has 0 unspecified atom stereocenters. The first-order valence-electron chi connectivity index (χ1n) is 8.86. The molecule has 0 aliphatic carbocycles.